The van der Waals surface area contributed by atoms with Crippen LogP contribution in [0.25, 0.3) is 10.9 Å². The van der Waals surface area contributed by atoms with Crippen molar-refractivity contribution in [1.82, 2.24) is 4.98 Å². The van der Waals surface area contributed by atoms with Gasteiger partial charge in [0.15, 0.2) is 25.1 Å². The minimum atomic E-state index is -0.277. The molecule has 8 heteroatoms. The smallest absolute Gasteiger partial charge is 0.211 e. The summed E-state index contributed by atoms with van der Waals surface area (Å²) >= 11 is 6.01. The Bertz CT molecular complexity index is 970. The maximum absolute atomic E-state index is 13.0. The Morgan fingerprint density at radius 1 is 1.04 bits per heavy atom. The van der Waals surface area contributed by atoms with E-state index < -0.39 is 0 Å². The number of nitrogens with one attached hydrogen (secondary N) is 1. The minimum Gasteiger partial charge on any atom is -0.464 e. The number of hydrogen-bond acceptors (Lipinski definition) is 6. The number of rotatable bonds is 8. The first-order chi connectivity index (χ1) is 13.0. The Hall–Kier alpha value is -2.74. The maximum Gasteiger partial charge on any atom is 0.211 e. The number of nitrogen functional groups attached to an aromatic ring is 1. The first-order valence-corrected chi connectivity index (χ1v) is 8.42. The summed E-state index contributed by atoms with van der Waals surface area (Å²) in [5.74, 6) is 0.514. The highest BCUT2D eigenvalue weighted by atomic mass is 35.5. The first kappa shape index (κ1) is 19.0. The predicted octanol–water partition coefficient (Wildman–Crippen LogP) is 3.60. The number of hydrogen-bond donors (Lipinski definition) is 2. The summed E-state index contributed by atoms with van der Waals surface area (Å²) in [5.41, 5.74) is 7.89. The quantitative estimate of drug-likeness (QED) is 0.450. The number of H-pyrrole nitrogens is 1. The zero-order valence-corrected chi connectivity index (χ0v) is 15.6. The molecule has 0 unspecified atom stereocenters. The molecule has 0 saturated heterocycles. The molecule has 0 saturated carbocycles. The third-order valence-corrected chi connectivity index (χ3v) is 4.13. The molecule has 0 aliphatic rings. The highest BCUT2D eigenvalue weighted by molar-refractivity contribution is 6.31. The Balaban J connectivity index is 1.97. The summed E-state index contributed by atoms with van der Waals surface area (Å²) in [6.07, 6.45) is 0. The zero-order chi connectivity index (χ0) is 19.4. The van der Waals surface area contributed by atoms with Gasteiger partial charge in [0.1, 0.15) is 5.69 Å². The second-order valence-electron chi connectivity index (χ2n) is 5.70. The van der Waals surface area contributed by atoms with Gasteiger partial charge in [-0.05, 0) is 36.4 Å². The summed E-state index contributed by atoms with van der Waals surface area (Å²) in [4.78, 5) is 16.0. The van der Waals surface area contributed by atoms with Gasteiger partial charge in [-0.2, -0.15) is 0 Å². The van der Waals surface area contributed by atoms with E-state index in [-0.39, 0.29) is 25.1 Å². The van der Waals surface area contributed by atoms with Crippen LogP contribution in [0.2, 0.25) is 5.02 Å². The molecule has 0 amide bonds. The van der Waals surface area contributed by atoms with Crippen molar-refractivity contribution in [2.75, 3.05) is 33.5 Å². The molecule has 2 aromatic carbocycles. The van der Waals surface area contributed by atoms with Crippen LogP contribution < -0.4 is 15.2 Å². The number of carbonyl (C=O) groups is 1. The predicted molar refractivity (Wildman–Crippen MR) is 103 cm³/mol. The van der Waals surface area contributed by atoms with Crippen LogP contribution in [0.1, 0.15) is 16.1 Å². The lowest BCUT2D eigenvalue weighted by atomic mass is 10.1. The van der Waals surface area contributed by atoms with Gasteiger partial charge in [-0.25, -0.2) is 0 Å². The van der Waals surface area contributed by atoms with Crippen molar-refractivity contribution in [2.45, 2.75) is 0 Å². The monoisotopic (exact) mass is 390 g/mol. The third-order valence-electron chi connectivity index (χ3n) is 3.90. The number of carbonyl (C=O) groups excluding carboxylic acids is 1. The lowest BCUT2D eigenvalue weighted by molar-refractivity contribution is 0.0322. The molecule has 0 spiro atoms. The van der Waals surface area contributed by atoms with Crippen LogP contribution >= 0.6 is 11.6 Å². The normalized spacial score (nSPS) is 10.9. The molecule has 1 heterocycles. The van der Waals surface area contributed by atoms with Crippen LogP contribution in [-0.2, 0) is 9.47 Å². The summed E-state index contributed by atoms with van der Waals surface area (Å²) in [6, 6.07) is 10.1. The van der Waals surface area contributed by atoms with Gasteiger partial charge in [0.05, 0.1) is 5.69 Å². The van der Waals surface area contributed by atoms with E-state index in [0.717, 1.165) is 5.39 Å². The number of methoxy groups -OCH3 is 2. The number of ether oxygens (including phenoxy) is 4. The molecular weight excluding hydrogens is 372 g/mol. The molecule has 0 atom stereocenters. The Labute approximate surface area is 160 Å². The van der Waals surface area contributed by atoms with E-state index in [4.69, 9.17) is 36.3 Å². The summed E-state index contributed by atoms with van der Waals surface area (Å²) in [7, 11) is 3.01. The molecule has 0 radical (unpaired) electrons. The van der Waals surface area contributed by atoms with Gasteiger partial charge in [-0.15, -0.1) is 0 Å². The molecule has 3 aromatic rings. The molecule has 142 valence electrons. The highest BCUT2D eigenvalue weighted by Gasteiger charge is 2.19. The number of halogens is 1. The molecule has 0 bridgehead atoms. The fourth-order valence-corrected chi connectivity index (χ4v) is 2.81. The maximum atomic E-state index is 13.0. The standard InChI is InChI=1S/C19H19ClN2O5/c1-24-9-26-15-6-3-11(7-16(15)27-10-25-2)19(23)18-17(21)13-5-4-12(20)8-14(13)22-18/h3-8,22H,9-10,21H2,1-2H3. The lowest BCUT2D eigenvalue weighted by Crippen LogP contribution is -2.08. The van der Waals surface area contributed by atoms with Crippen LogP contribution in [0.15, 0.2) is 36.4 Å². The van der Waals surface area contributed by atoms with Crippen molar-refractivity contribution < 1.29 is 23.7 Å². The SMILES string of the molecule is COCOc1ccc(C(=O)c2[nH]c3cc(Cl)ccc3c2N)cc1OCOC. The molecule has 27 heavy (non-hydrogen) atoms. The molecule has 3 rings (SSSR count). The van der Waals surface area contributed by atoms with Crippen molar-refractivity contribution in [3.8, 4) is 11.5 Å². The highest BCUT2D eigenvalue weighted by Crippen LogP contribution is 2.32. The number of aromatic nitrogens is 1. The average molecular weight is 391 g/mol. The van der Waals surface area contributed by atoms with Crippen LogP contribution in [0, 0.1) is 0 Å². The second-order valence-corrected chi connectivity index (χ2v) is 6.13. The van der Waals surface area contributed by atoms with E-state index in [0.29, 0.717) is 33.3 Å². The minimum absolute atomic E-state index is 0.00795. The molecule has 0 aliphatic heterocycles. The van der Waals surface area contributed by atoms with Gasteiger partial charge in [0.2, 0.25) is 5.78 Å². The molecule has 7 nitrogen and oxygen atoms in total. The fourth-order valence-electron chi connectivity index (χ4n) is 2.64. The Morgan fingerprint density at radius 2 is 1.74 bits per heavy atom. The molecule has 1 aromatic heterocycles. The number of nitrogens with two attached hydrogens (primary N) is 1. The van der Waals surface area contributed by atoms with Crippen molar-refractivity contribution in [1.29, 1.82) is 0 Å². The van der Waals surface area contributed by atoms with Gasteiger partial charge >= 0.3 is 0 Å². The van der Waals surface area contributed by atoms with E-state index in [1.54, 1.807) is 36.4 Å². The van der Waals surface area contributed by atoms with Crippen molar-refractivity contribution in [3.63, 3.8) is 0 Å². The van der Waals surface area contributed by atoms with E-state index in [9.17, 15) is 4.79 Å². The largest absolute Gasteiger partial charge is 0.464 e. The van der Waals surface area contributed by atoms with Gasteiger partial charge in [-0.3, -0.25) is 4.79 Å². The number of fused-ring (bicyclic) bond motifs is 1. The van der Waals surface area contributed by atoms with E-state index in [2.05, 4.69) is 4.98 Å². The third kappa shape index (κ3) is 4.00. The van der Waals surface area contributed by atoms with Crippen molar-refractivity contribution in [3.05, 3.63) is 52.7 Å². The lowest BCUT2D eigenvalue weighted by Gasteiger charge is -2.13. The van der Waals surface area contributed by atoms with Gasteiger partial charge < -0.3 is 29.7 Å². The molecule has 3 N–H and O–H groups in total. The topological polar surface area (TPSA) is 95.8 Å². The van der Waals surface area contributed by atoms with Gasteiger partial charge in [-0.1, -0.05) is 11.6 Å². The Morgan fingerprint density at radius 3 is 2.44 bits per heavy atom. The van der Waals surface area contributed by atoms with Gasteiger partial charge in [0, 0.05) is 35.7 Å². The molecule has 0 fully saturated rings. The van der Waals surface area contributed by atoms with Crippen LogP contribution in [0.3, 0.4) is 0 Å². The summed E-state index contributed by atoms with van der Waals surface area (Å²) in [6.45, 7) is 0.0559. The zero-order valence-electron chi connectivity index (χ0n) is 14.9. The molecular formula is C19H19ClN2O5. The fraction of sp³-hybridized carbons (Fsp3) is 0.211. The van der Waals surface area contributed by atoms with Crippen molar-refractivity contribution in [2.24, 2.45) is 0 Å². The molecule has 0 aliphatic carbocycles. The number of aromatic amines is 1. The van der Waals surface area contributed by atoms with Gasteiger partial charge in [0.25, 0.3) is 0 Å². The van der Waals surface area contributed by atoms with E-state index in [1.165, 1.54) is 14.2 Å². The van der Waals surface area contributed by atoms with Crippen LogP contribution in [-0.4, -0.2) is 38.6 Å². The summed E-state index contributed by atoms with van der Waals surface area (Å²) < 4.78 is 20.8. The van der Waals surface area contributed by atoms with E-state index >= 15 is 0 Å². The van der Waals surface area contributed by atoms with E-state index in [1.807, 2.05) is 0 Å². The number of benzene rings is 2. The van der Waals surface area contributed by atoms with Crippen LogP contribution in [0.5, 0.6) is 11.5 Å². The number of anilines is 1. The first-order valence-electron chi connectivity index (χ1n) is 8.04. The summed E-state index contributed by atoms with van der Waals surface area (Å²) in [5, 5.41) is 1.29. The Kier molecular flexibility index (Phi) is 5.85. The second kappa shape index (κ2) is 8.30. The average Bonchev–Trinajstić information content (AvgIpc) is 3.00. The van der Waals surface area contributed by atoms with Crippen LogP contribution in [0.4, 0.5) is 5.69 Å². The van der Waals surface area contributed by atoms with Crippen molar-refractivity contribution >= 4 is 34.0 Å². The number of ketones is 1.